The molecule has 2 aromatic rings. The molecule has 25 heavy (non-hydrogen) atoms. The van der Waals surface area contributed by atoms with E-state index in [1.807, 2.05) is 31.2 Å². The van der Waals surface area contributed by atoms with E-state index in [4.69, 9.17) is 11.6 Å². The number of hydrogen-bond acceptors (Lipinski definition) is 3. The second-order valence-electron chi connectivity index (χ2n) is 5.72. The van der Waals surface area contributed by atoms with Crippen LogP contribution >= 0.6 is 11.6 Å². The molecular formula is C20H20ClN3O. The van der Waals surface area contributed by atoms with Crippen molar-refractivity contribution in [3.05, 3.63) is 76.0 Å². The Morgan fingerprint density at radius 3 is 2.64 bits per heavy atom. The lowest BCUT2D eigenvalue weighted by atomic mass is 10.1. The first-order valence-electron chi connectivity index (χ1n) is 7.97. The fraction of sp³-hybridized carbons (Fsp3) is 0.200. The highest BCUT2D eigenvalue weighted by Gasteiger charge is 2.09. The minimum atomic E-state index is -0.467. The van der Waals surface area contributed by atoms with Crippen LogP contribution in [0.15, 0.2) is 54.2 Å². The van der Waals surface area contributed by atoms with Gasteiger partial charge in [-0.05, 0) is 49.1 Å². The fourth-order valence-corrected chi connectivity index (χ4v) is 2.47. The number of nitrogens with one attached hydrogen (secondary N) is 2. The highest BCUT2D eigenvalue weighted by Crippen LogP contribution is 2.20. The molecule has 0 spiro atoms. The Balaban J connectivity index is 1.92. The third-order valence-electron chi connectivity index (χ3n) is 3.84. The van der Waals surface area contributed by atoms with Gasteiger partial charge in [0.1, 0.15) is 11.6 Å². The van der Waals surface area contributed by atoms with Crippen molar-refractivity contribution in [1.29, 1.82) is 5.26 Å². The van der Waals surface area contributed by atoms with E-state index >= 15 is 0 Å². The molecule has 2 rings (SSSR count). The van der Waals surface area contributed by atoms with E-state index in [1.54, 1.807) is 12.1 Å². The molecule has 0 bridgehead atoms. The Morgan fingerprint density at radius 1 is 1.20 bits per heavy atom. The molecule has 1 amide bonds. The minimum Gasteiger partial charge on any atom is -0.389 e. The van der Waals surface area contributed by atoms with E-state index in [9.17, 15) is 10.1 Å². The normalized spacial score (nSPS) is 10.9. The number of benzene rings is 2. The first kappa shape index (κ1) is 18.6. The number of nitriles is 1. The molecule has 0 saturated carbocycles. The Bertz CT molecular complexity index is 837. The monoisotopic (exact) mass is 353 g/mol. The van der Waals surface area contributed by atoms with E-state index in [0.717, 1.165) is 12.0 Å². The number of carbonyl (C=O) groups is 1. The van der Waals surface area contributed by atoms with Gasteiger partial charge in [0.15, 0.2) is 0 Å². The predicted octanol–water partition coefficient (Wildman–Crippen LogP) is 4.14. The van der Waals surface area contributed by atoms with Crippen LogP contribution < -0.4 is 10.6 Å². The lowest BCUT2D eigenvalue weighted by Gasteiger charge is -2.07. The number of nitrogens with zero attached hydrogens (tertiary/aromatic N) is 1. The van der Waals surface area contributed by atoms with Gasteiger partial charge in [-0.25, -0.2) is 0 Å². The van der Waals surface area contributed by atoms with Crippen LogP contribution in [-0.4, -0.2) is 12.5 Å². The first-order chi connectivity index (χ1) is 12.0. The molecule has 0 unspecified atom stereocenters. The van der Waals surface area contributed by atoms with E-state index in [-0.39, 0.29) is 5.57 Å². The van der Waals surface area contributed by atoms with Gasteiger partial charge in [-0.15, -0.1) is 0 Å². The van der Waals surface area contributed by atoms with Crippen molar-refractivity contribution >= 4 is 23.2 Å². The van der Waals surface area contributed by atoms with E-state index in [2.05, 4.69) is 29.7 Å². The van der Waals surface area contributed by atoms with Gasteiger partial charge in [0, 0.05) is 23.5 Å². The van der Waals surface area contributed by atoms with Crippen LogP contribution in [0.25, 0.3) is 0 Å². The number of anilines is 1. The maximum absolute atomic E-state index is 12.2. The van der Waals surface area contributed by atoms with E-state index in [1.165, 1.54) is 17.3 Å². The van der Waals surface area contributed by atoms with Crippen LogP contribution in [0.5, 0.6) is 0 Å². The molecule has 0 aliphatic carbocycles. The summed E-state index contributed by atoms with van der Waals surface area (Å²) in [5, 5.41) is 15.5. The van der Waals surface area contributed by atoms with Crippen molar-refractivity contribution < 1.29 is 4.79 Å². The number of amides is 1. The molecule has 0 saturated heterocycles. The summed E-state index contributed by atoms with van der Waals surface area (Å²) in [7, 11) is 0. The zero-order chi connectivity index (χ0) is 18.2. The second-order valence-corrected chi connectivity index (χ2v) is 6.13. The van der Waals surface area contributed by atoms with Crippen LogP contribution in [0.1, 0.15) is 16.7 Å². The van der Waals surface area contributed by atoms with Gasteiger partial charge in [0.2, 0.25) is 0 Å². The summed E-state index contributed by atoms with van der Waals surface area (Å²) < 4.78 is 0. The van der Waals surface area contributed by atoms with Crippen molar-refractivity contribution in [2.75, 3.05) is 11.9 Å². The SMILES string of the molecule is Cc1ccc(NC(=O)/C(C#N)=C\NCCc2ccccc2C)cc1Cl. The summed E-state index contributed by atoms with van der Waals surface area (Å²) in [6.07, 6.45) is 2.26. The summed E-state index contributed by atoms with van der Waals surface area (Å²) in [5.74, 6) is -0.467. The molecule has 128 valence electrons. The summed E-state index contributed by atoms with van der Waals surface area (Å²) in [5.41, 5.74) is 3.96. The van der Waals surface area contributed by atoms with Gasteiger partial charge in [-0.2, -0.15) is 5.26 Å². The van der Waals surface area contributed by atoms with Gasteiger partial charge >= 0.3 is 0 Å². The Kier molecular flexibility index (Phi) is 6.62. The molecule has 4 nitrogen and oxygen atoms in total. The Labute approximate surface area is 153 Å². The van der Waals surface area contributed by atoms with Crippen molar-refractivity contribution in [1.82, 2.24) is 5.32 Å². The molecule has 0 heterocycles. The fourth-order valence-electron chi connectivity index (χ4n) is 2.29. The summed E-state index contributed by atoms with van der Waals surface area (Å²) >= 11 is 6.04. The van der Waals surface area contributed by atoms with Crippen LogP contribution in [-0.2, 0) is 11.2 Å². The van der Waals surface area contributed by atoms with E-state index in [0.29, 0.717) is 17.3 Å². The topological polar surface area (TPSA) is 64.9 Å². The molecule has 0 aliphatic rings. The second kappa shape index (κ2) is 8.91. The quantitative estimate of drug-likeness (QED) is 0.466. The molecule has 0 atom stereocenters. The summed E-state index contributed by atoms with van der Waals surface area (Å²) in [6.45, 7) is 4.58. The third-order valence-corrected chi connectivity index (χ3v) is 4.25. The largest absolute Gasteiger partial charge is 0.389 e. The minimum absolute atomic E-state index is 0.0153. The van der Waals surface area contributed by atoms with Gasteiger partial charge in [-0.1, -0.05) is 41.9 Å². The number of aryl methyl sites for hydroxylation is 2. The number of halogens is 1. The third kappa shape index (κ3) is 5.37. The molecule has 0 fully saturated rings. The Morgan fingerprint density at radius 2 is 1.96 bits per heavy atom. The maximum Gasteiger partial charge on any atom is 0.267 e. The number of hydrogen-bond donors (Lipinski definition) is 2. The Hall–Kier alpha value is -2.77. The first-order valence-corrected chi connectivity index (χ1v) is 8.34. The van der Waals surface area contributed by atoms with Gasteiger partial charge in [0.05, 0.1) is 0 Å². The van der Waals surface area contributed by atoms with Gasteiger partial charge in [-0.3, -0.25) is 4.79 Å². The van der Waals surface area contributed by atoms with Crippen molar-refractivity contribution in [3.8, 4) is 6.07 Å². The van der Waals surface area contributed by atoms with Gasteiger partial charge < -0.3 is 10.6 Å². The smallest absolute Gasteiger partial charge is 0.267 e. The van der Waals surface area contributed by atoms with Crippen LogP contribution in [0.2, 0.25) is 5.02 Å². The van der Waals surface area contributed by atoms with E-state index < -0.39 is 5.91 Å². The van der Waals surface area contributed by atoms with Gasteiger partial charge in [0.25, 0.3) is 5.91 Å². The highest BCUT2D eigenvalue weighted by molar-refractivity contribution is 6.31. The number of rotatable bonds is 6. The summed E-state index contributed by atoms with van der Waals surface area (Å²) in [6, 6.07) is 15.3. The molecule has 0 aliphatic heterocycles. The predicted molar refractivity (Wildman–Crippen MR) is 101 cm³/mol. The highest BCUT2D eigenvalue weighted by atomic mass is 35.5. The average Bonchev–Trinajstić information content (AvgIpc) is 2.59. The standard InChI is InChI=1S/C20H20ClN3O/c1-14-5-3-4-6-16(14)9-10-23-13-17(12-22)20(25)24-18-8-7-15(2)19(21)11-18/h3-8,11,13,23H,9-10H2,1-2H3,(H,24,25)/b17-13-. The molecule has 2 aromatic carbocycles. The zero-order valence-electron chi connectivity index (χ0n) is 14.3. The zero-order valence-corrected chi connectivity index (χ0v) is 15.0. The molecule has 5 heteroatoms. The molecule has 0 radical (unpaired) electrons. The average molecular weight is 354 g/mol. The molecule has 2 N–H and O–H groups in total. The van der Waals surface area contributed by atoms with Crippen molar-refractivity contribution in [3.63, 3.8) is 0 Å². The molecule has 0 aromatic heterocycles. The van der Waals surface area contributed by atoms with Crippen LogP contribution in [0.3, 0.4) is 0 Å². The van der Waals surface area contributed by atoms with Crippen LogP contribution in [0.4, 0.5) is 5.69 Å². The lowest BCUT2D eigenvalue weighted by Crippen LogP contribution is -2.18. The number of carbonyl (C=O) groups excluding carboxylic acids is 1. The van der Waals surface area contributed by atoms with Crippen LogP contribution in [0, 0.1) is 25.2 Å². The molecular weight excluding hydrogens is 334 g/mol. The summed E-state index contributed by atoms with van der Waals surface area (Å²) in [4.78, 5) is 12.2. The van der Waals surface area contributed by atoms with Crippen molar-refractivity contribution in [2.24, 2.45) is 0 Å². The maximum atomic E-state index is 12.2. The lowest BCUT2D eigenvalue weighted by molar-refractivity contribution is -0.112. The van der Waals surface area contributed by atoms with Crippen molar-refractivity contribution in [2.45, 2.75) is 20.3 Å².